The average Bonchev–Trinajstić information content (AvgIpc) is 2.97. The number of aryl methyl sites for hydroxylation is 1. The third-order valence-electron chi connectivity index (χ3n) is 3.63. The van der Waals surface area contributed by atoms with Crippen LogP contribution in [0.5, 0.6) is 0 Å². The lowest BCUT2D eigenvalue weighted by atomic mass is 10.1. The monoisotopic (exact) mass is 302 g/mol. The molecule has 0 aliphatic rings. The van der Waals surface area contributed by atoms with E-state index in [1.165, 1.54) is 16.5 Å². The molecule has 0 saturated heterocycles. The van der Waals surface area contributed by atoms with E-state index in [2.05, 4.69) is 51.1 Å². The molecule has 5 heteroatoms. The molecule has 0 aliphatic heterocycles. The molecule has 1 aromatic heterocycles. The zero-order chi connectivity index (χ0) is 15.6. The third kappa shape index (κ3) is 4.77. The number of hydrogen-bond donors (Lipinski definition) is 3. The number of nitrogens with one attached hydrogen (secondary N) is 3. The van der Waals surface area contributed by atoms with Crippen molar-refractivity contribution in [2.75, 3.05) is 33.9 Å². The predicted molar refractivity (Wildman–Crippen MR) is 92.5 cm³/mol. The Morgan fingerprint density at radius 2 is 1.95 bits per heavy atom. The summed E-state index contributed by atoms with van der Waals surface area (Å²) in [6.07, 6.45) is 5.22. The first-order valence-electron chi connectivity index (χ1n) is 7.83. The Hall–Kier alpha value is -2.01. The van der Waals surface area contributed by atoms with E-state index in [9.17, 15) is 0 Å². The number of aromatic nitrogens is 1. The molecule has 120 valence electrons. The molecule has 0 amide bonds. The van der Waals surface area contributed by atoms with Crippen LogP contribution < -0.4 is 10.6 Å². The number of aliphatic imine (C=N–C) groups is 1. The van der Waals surface area contributed by atoms with Gasteiger partial charge in [0.25, 0.3) is 0 Å². The number of aromatic amines is 1. The summed E-state index contributed by atoms with van der Waals surface area (Å²) in [5.74, 6) is 0.857. The zero-order valence-electron chi connectivity index (χ0n) is 13.5. The molecule has 0 atom stereocenters. The molecule has 0 aliphatic carbocycles. The largest absolute Gasteiger partial charge is 0.385 e. The fourth-order valence-corrected chi connectivity index (χ4v) is 2.47. The first-order valence-corrected chi connectivity index (χ1v) is 7.83. The number of benzene rings is 1. The van der Waals surface area contributed by atoms with Crippen molar-refractivity contribution in [1.29, 1.82) is 0 Å². The Labute approximate surface area is 132 Å². The number of hydrogen-bond acceptors (Lipinski definition) is 2. The van der Waals surface area contributed by atoms with Gasteiger partial charge in [0.1, 0.15) is 0 Å². The van der Waals surface area contributed by atoms with Crippen molar-refractivity contribution in [3.63, 3.8) is 0 Å². The summed E-state index contributed by atoms with van der Waals surface area (Å²) in [4.78, 5) is 7.54. The van der Waals surface area contributed by atoms with Gasteiger partial charge in [0.05, 0.1) is 0 Å². The molecule has 0 radical (unpaired) electrons. The maximum Gasteiger partial charge on any atom is 0.190 e. The van der Waals surface area contributed by atoms with Crippen molar-refractivity contribution in [1.82, 2.24) is 15.6 Å². The Bertz CT molecular complexity index is 591. The summed E-state index contributed by atoms with van der Waals surface area (Å²) in [5, 5.41) is 7.95. The Balaban J connectivity index is 1.70. The number of guanidine groups is 1. The van der Waals surface area contributed by atoms with Crippen LogP contribution in [0.15, 0.2) is 35.5 Å². The van der Waals surface area contributed by atoms with Crippen LogP contribution in [0.25, 0.3) is 10.9 Å². The Kier molecular flexibility index (Phi) is 6.77. The van der Waals surface area contributed by atoms with E-state index in [0.29, 0.717) is 0 Å². The van der Waals surface area contributed by atoms with Crippen LogP contribution in [0.4, 0.5) is 0 Å². The summed E-state index contributed by atoms with van der Waals surface area (Å²) >= 11 is 0. The van der Waals surface area contributed by atoms with Crippen molar-refractivity contribution in [2.45, 2.75) is 19.3 Å². The molecule has 0 spiro atoms. The van der Waals surface area contributed by atoms with E-state index in [0.717, 1.165) is 44.9 Å². The van der Waals surface area contributed by atoms with Gasteiger partial charge in [-0.25, -0.2) is 0 Å². The van der Waals surface area contributed by atoms with Gasteiger partial charge in [0.2, 0.25) is 0 Å². The number of nitrogens with zero attached hydrogens (tertiary/aromatic N) is 1. The molecular formula is C17H26N4O. The van der Waals surface area contributed by atoms with Crippen LogP contribution in [0, 0.1) is 0 Å². The van der Waals surface area contributed by atoms with Crippen molar-refractivity contribution in [3.8, 4) is 0 Å². The number of para-hydroxylation sites is 1. The topological polar surface area (TPSA) is 61.4 Å². The number of ether oxygens (including phenoxy) is 1. The summed E-state index contributed by atoms with van der Waals surface area (Å²) < 4.78 is 5.03. The minimum absolute atomic E-state index is 0.768. The number of rotatable bonds is 8. The van der Waals surface area contributed by atoms with Crippen molar-refractivity contribution < 1.29 is 4.74 Å². The SMILES string of the molecule is CN=C(NCCCOC)NCCCc1c[nH]c2ccccc12. The smallest absolute Gasteiger partial charge is 0.190 e. The van der Waals surface area contributed by atoms with Gasteiger partial charge in [-0.3, -0.25) is 4.99 Å². The molecule has 0 bridgehead atoms. The van der Waals surface area contributed by atoms with Crippen LogP contribution in [0.3, 0.4) is 0 Å². The van der Waals surface area contributed by atoms with E-state index in [1.807, 2.05) is 0 Å². The Morgan fingerprint density at radius 3 is 2.73 bits per heavy atom. The predicted octanol–water partition coefficient (Wildman–Crippen LogP) is 2.30. The van der Waals surface area contributed by atoms with Crippen molar-refractivity contribution in [2.24, 2.45) is 4.99 Å². The van der Waals surface area contributed by atoms with Gasteiger partial charge >= 0.3 is 0 Å². The lowest BCUT2D eigenvalue weighted by Gasteiger charge is -2.11. The summed E-state index contributed by atoms with van der Waals surface area (Å²) in [6, 6.07) is 8.43. The van der Waals surface area contributed by atoms with Gasteiger partial charge in [-0.05, 0) is 30.9 Å². The maximum absolute atomic E-state index is 5.03. The third-order valence-corrected chi connectivity index (χ3v) is 3.63. The first-order chi connectivity index (χ1) is 10.8. The quantitative estimate of drug-likeness (QED) is 0.398. The fourth-order valence-electron chi connectivity index (χ4n) is 2.47. The molecular weight excluding hydrogens is 276 g/mol. The second kappa shape index (κ2) is 9.10. The highest BCUT2D eigenvalue weighted by Gasteiger charge is 2.02. The van der Waals surface area contributed by atoms with Crippen molar-refractivity contribution in [3.05, 3.63) is 36.0 Å². The van der Waals surface area contributed by atoms with Crippen LogP contribution in [0.2, 0.25) is 0 Å². The minimum atomic E-state index is 0.768. The molecule has 5 nitrogen and oxygen atoms in total. The van der Waals surface area contributed by atoms with Crippen LogP contribution in [0.1, 0.15) is 18.4 Å². The van der Waals surface area contributed by atoms with Crippen LogP contribution >= 0.6 is 0 Å². The average molecular weight is 302 g/mol. The summed E-state index contributed by atoms with van der Waals surface area (Å²) in [7, 11) is 3.52. The van der Waals surface area contributed by atoms with Gasteiger partial charge in [0, 0.05) is 51.0 Å². The molecule has 2 rings (SSSR count). The summed E-state index contributed by atoms with van der Waals surface area (Å²) in [6.45, 7) is 2.55. The van der Waals surface area contributed by atoms with E-state index >= 15 is 0 Å². The molecule has 22 heavy (non-hydrogen) atoms. The number of methoxy groups -OCH3 is 1. The zero-order valence-corrected chi connectivity index (χ0v) is 13.5. The van der Waals surface area contributed by atoms with Gasteiger partial charge in [-0.1, -0.05) is 18.2 Å². The molecule has 1 aromatic carbocycles. The van der Waals surface area contributed by atoms with E-state index in [4.69, 9.17) is 4.74 Å². The second-order valence-electron chi connectivity index (χ2n) is 5.24. The van der Waals surface area contributed by atoms with Gasteiger partial charge < -0.3 is 20.4 Å². The van der Waals surface area contributed by atoms with Gasteiger partial charge in [0.15, 0.2) is 5.96 Å². The molecule has 0 saturated carbocycles. The van der Waals surface area contributed by atoms with E-state index in [-0.39, 0.29) is 0 Å². The maximum atomic E-state index is 5.03. The Morgan fingerprint density at radius 1 is 1.18 bits per heavy atom. The normalized spacial score (nSPS) is 11.8. The highest BCUT2D eigenvalue weighted by atomic mass is 16.5. The first kappa shape index (κ1) is 16.4. The highest BCUT2D eigenvalue weighted by Crippen LogP contribution is 2.18. The van der Waals surface area contributed by atoms with E-state index in [1.54, 1.807) is 14.2 Å². The second-order valence-corrected chi connectivity index (χ2v) is 5.24. The number of fused-ring (bicyclic) bond motifs is 1. The summed E-state index contributed by atoms with van der Waals surface area (Å²) in [5.41, 5.74) is 2.58. The van der Waals surface area contributed by atoms with Crippen LogP contribution in [-0.2, 0) is 11.2 Å². The molecule has 0 unspecified atom stereocenters. The molecule has 2 aromatic rings. The van der Waals surface area contributed by atoms with Gasteiger partial charge in [-0.15, -0.1) is 0 Å². The lowest BCUT2D eigenvalue weighted by Crippen LogP contribution is -2.38. The van der Waals surface area contributed by atoms with Crippen molar-refractivity contribution >= 4 is 16.9 Å². The molecule has 1 heterocycles. The molecule has 3 N–H and O–H groups in total. The van der Waals surface area contributed by atoms with E-state index < -0.39 is 0 Å². The number of H-pyrrole nitrogens is 1. The lowest BCUT2D eigenvalue weighted by molar-refractivity contribution is 0.195. The van der Waals surface area contributed by atoms with Gasteiger partial charge in [-0.2, -0.15) is 0 Å². The fraction of sp³-hybridized carbons (Fsp3) is 0.471. The highest BCUT2D eigenvalue weighted by molar-refractivity contribution is 5.83. The van der Waals surface area contributed by atoms with Crippen LogP contribution in [-0.4, -0.2) is 44.8 Å². The standard InChI is InChI=1S/C17H26N4O/c1-18-17(20-11-6-12-22-2)19-10-5-7-14-13-21-16-9-4-3-8-15(14)16/h3-4,8-9,13,21H,5-7,10-12H2,1-2H3,(H2,18,19,20). The minimum Gasteiger partial charge on any atom is -0.385 e. The molecule has 0 fully saturated rings.